The molecule has 0 saturated heterocycles. The maximum Gasteiger partial charge on any atom is 0.261 e. The number of hydrogen-bond acceptors (Lipinski definition) is 2. The fourth-order valence-electron chi connectivity index (χ4n) is 1.84. The van der Waals surface area contributed by atoms with Gasteiger partial charge in [-0.15, -0.1) is 11.3 Å². The zero-order valence-corrected chi connectivity index (χ0v) is 13.2. The van der Waals surface area contributed by atoms with Gasteiger partial charge < -0.3 is 5.32 Å². The normalized spacial score (nSPS) is 12.2. The van der Waals surface area contributed by atoms with Gasteiger partial charge in [0.2, 0.25) is 0 Å². The first kappa shape index (κ1) is 15.1. The second kappa shape index (κ2) is 6.01. The van der Waals surface area contributed by atoms with Crippen LogP contribution in [0.4, 0.5) is 8.78 Å². The molecule has 0 aliphatic rings. The Labute approximate surface area is 127 Å². The Kier molecular flexibility index (Phi) is 4.55. The highest BCUT2D eigenvalue weighted by Gasteiger charge is 2.19. The molecule has 0 aliphatic carbocycles. The fraction of sp³-hybridized carbons (Fsp3) is 0.214. The summed E-state index contributed by atoms with van der Waals surface area (Å²) in [5.41, 5.74) is 0.818. The average Bonchev–Trinajstić information content (AvgIpc) is 2.69. The van der Waals surface area contributed by atoms with E-state index >= 15 is 0 Å². The lowest BCUT2D eigenvalue weighted by molar-refractivity contribution is 0.0943. The van der Waals surface area contributed by atoms with E-state index in [1.165, 1.54) is 29.5 Å². The minimum atomic E-state index is -0.745. The first-order valence-electron chi connectivity index (χ1n) is 5.91. The van der Waals surface area contributed by atoms with E-state index in [0.717, 1.165) is 9.35 Å². The molecule has 1 atom stereocenters. The Balaban J connectivity index is 2.19. The third-order valence-electron chi connectivity index (χ3n) is 2.86. The van der Waals surface area contributed by atoms with Gasteiger partial charge in [-0.05, 0) is 53.5 Å². The molecule has 0 fully saturated rings. The van der Waals surface area contributed by atoms with E-state index in [1.807, 2.05) is 6.92 Å². The Morgan fingerprint density at radius 2 is 1.95 bits per heavy atom. The highest BCUT2D eigenvalue weighted by Crippen LogP contribution is 2.28. The smallest absolute Gasteiger partial charge is 0.261 e. The molecular weight excluding hydrogens is 348 g/mol. The SMILES string of the molecule is Cc1cc(C(=O)NC(C)c2c(F)cccc2F)sc1Br. The Morgan fingerprint density at radius 1 is 1.35 bits per heavy atom. The topological polar surface area (TPSA) is 29.1 Å². The van der Waals surface area contributed by atoms with Crippen LogP contribution in [0.5, 0.6) is 0 Å². The third kappa shape index (κ3) is 3.07. The van der Waals surface area contributed by atoms with Crippen molar-refractivity contribution in [2.75, 3.05) is 0 Å². The van der Waals surface area contributed by atoms with Crippen LogP contribution in [-0.2, 0) is 0 Å². The second-order valence-electron chi connectivity index (χ2n) is 4.40. The van der Waals surface area contributed by atoms with Crippen molar-refractivity contribution in [3.8, 4) is 0 Å². The number of hydrogen-bond donors (Lipinski definition) is 1. The largest absolute Gasteiger partial charge is 0.345 e. The van der Waals surface area contributed by atoms with Crippen LogP contribution in [-0.4, -0.2) is 5.91 Å². The van der Waals surface area contributed by atoms with E-state index < -0.39 is 17.7 Å². The predicted octanol–water partition coefficient (Wildman–Crippen LogP) is 4.59. The summed E-state index contributed by atoms with van der Waals surface area (Å²) in [5, 5.41) is 2.61. The monoisotopic (exact) mass is 359 g/mol. The van der Waals surface area contributed by atoms with Gasteiger partial charge >= 0.3 is 0 Å². The molecule has 1 heterocycles. The summed E-state index contributed by atoms with van der Waals surface area (Å²) in [6.45, 7) is 3.42. The van der Waals surface area contributed by atoms with Gasteiger partial charge in [-0.1, -0.05) is 6.07 Å². The number of carbonyl (C=O) groups excluding carboxylic acids is 1. The summed E-state index contributed by atoms with van der Waals surface area (Å²) in [6, 6.07) is 4.63. The van der Waals surface area contributed by atoms with Crippen LogP contribution in [0, 0.1) is 18.6 Å². The summed E-state index contributed by atoms with van der Waals surface area (Å²) >= 11 is 4.62. The second-order valence-corrected chi connectivity index (χ2v) is 6.77. The van der Waals surface area contributed by atoms with Gasteiger partial charge in [-0.3, -0.25) is 4.79 Å². The minimum Gasteiger partial charge on any atom is -0.345 e. The van der Waals surface area contributed by atoms with Crippen molar-refractivity contribution in [1.82, 2.24) is 5.32 Å². The summed E-state index contributed by atoms with van der Waals surface area (Å²) in [4.78, 5) is 12.5. The predicted molar refractivity (Wildman–Crippen MR) is 79.0 cm³/mol. The third-order valence-corrected chi connectivity index (χ3v) is 5.00. The number of thiophene rings is 1. The van der Waals surface area contributed by atoms with Crippen molar-refractivity contribution in [2.45, 2.75) is 19.9 Å². The van der Waals surface area contributed by atoms with Crippen molar-refractivity contribution in [3.63, 3.8) is 0 Å². The number of amides is 1. The first-order valence-corrected chi connectivity index (χ1v) is 7.51. The van der Waals surface area contributed by atoms with Gasteiger partial charge in [-0.25, -0.2) is 8.78 Å². The number of rotatable bonds is 3. The lowest BCUT2D eigenvalue weighted by Crippen LogP contribution is -2.27. The van der Waals surface area contributed by atoms with Gasteiger partial charge in [0, 0.05) is 5.56 Å². The molecule has 0 aliphatic heterocycles. The van der Waals surface area contributed by atoms with Crippen molar-refractivity contribution in [2.24, 2.45) is 0 Å². The molecule has 2 rings (SSSR count). The zero-order valence-electron chi connectivity index (χ0n) is 10.8. The molecule has 1 unspecified atom stereocenters. The summed E-state index contributed by atoms with van der Waals surface area (Å²) in [7, 11) is 0. The first-order chi connectivity index (χ1) is 9.40. The van der Waals surface area contributed by atoms with Crippen LogP contribution in [0.3, 0.4) is 0 Å². The maximum absolute atomic E-state index is 13.6. The van der Waals surface area contributed by atoms with Gasteiger partial charge in [0.25, 0.3) is 5.91 Å². The molecule has 1 aromatic carbocycles. The average molecular weight is 360 g/mol. The Hall–Kier alpha value is -1.27. The van der Waals surface area contributed by atoms with E-state index in [2.05, 4.69) is 21.2 Å². The minimum absolute atomic E-state index is 0.131. The van der Waals surface area contributed by atoms with Crippen molar-refractivity contribution < 1.29 is 13.6 Å². The van der Waals surface area contributed by atoms with E-state index in [4.69, 9.17) is 0 Å². The lowest BCUT2D eigenvalue weighted by atomic mass is 10.1. The number of halogens is 3. The fourth-order valence-corrected chi connectivity index (χ4v) is 3.27. The van der Waals surface area contributed by atoms with Crippen molar-refractivity contribution in [1.29, 1.82) is 0 Å². The quantitative estimate of drug-likeness (QED) is 0.853. The Bertz CT molecular complexity index is 617. The van der Waals surface area contributed by atoms with Crippen LogP contribution in [0.15, 0.2) is 28.1 Å². The van der Waals surface area contributed by atoms with Crippen LogP contribution in [0.2, 0.25) is 0 Å². The molecule has 20 heavy (non-hydrogen) atoms. The van der Waals surface area contributed by atoms with Crippen LogP contribution in [0.25, 0.3) is 0 Å². The highest BCUT2D eigenvalue weighted by atomic mass is 79.9. The molecule has 106 valence electrons. The van der Waals surface area contributed by atoms with Crippen molar-refractivity contribution >= 4 is 33.2 Å². The standard InChI is InChI=1S/C14H12BrF2NOS/c1-7-6-11(20-13(7)15)14(19)18-8(2)12-9(16)4-3-5-10(12)17/h3-6,8H,1-2H3,(H,18,19). The number of aryl methyl sites for hydroxylation is 1. The molecule has 2 aromatic rings. The molecule has 2 nitrogen and oxygen atoms in total. The van der Waals surface area contributed by atoms with Crippen LogP contribution >= 0.6 is 27.3 Å². The molecular formula is C14H12BrF2NOS. The molecule has 0 saturated carbocycles. The van der Waals surface area contributed by atoms with Gasteiger partial charge in [-0.2, -0.15) is 0 Å². The van der Waals surface area contributed by atoms with Crippen molar-refractivity contribution in [3.05, 3.63) is 55.7 Å². The molecule has 0 spiro atoms. The van der Waals surface area contributed by atoms with E-state index in [9.17, 15) is 13.6 Å². The van der Waals surface area contributed by atoms with E-state index in [1.54, 1.807) is 13.0 Å². The molecule has 1 N–H and O–H groups in total. The molecule has 1 aromatic heterocycles. The van der Waals surface area contributed by atoms with Gasteiger partial charge in [0.15, 0.2) is 0 Å². The van der Waals surface area contributed by atoms with Gasteiger partial charge in [0.05, 0.1) is 14.7 Å². The molecule has 0 radical (unpaired) electrons. The maximum atomic E-state index is 13.6. The number of nitrogens with one attached hydrogen (secondary N) is 1. The Morgan fingerprint density at radius 3 is 2.45 bits per heavy atom. The highest BCUT2D eigenvalue weighted by molar-refractivity contribution is 9.11. The summed E-state index contributed by atoms with van der Waals surface area (Å²) in [5.74, 6) is -1.68. The van der Waals surface area contributed by atoms with Crippen LogP contribution < -0.4 is 5.32 Å². The van der Waals surface area contributed by atoms with Gasteiger partial charge in [0.1, 0.15) is 11.6 Å². The summed E-state index contributed by atoms with van der Waals surface area (Å²) < 4.78 is 28.1. The molecule has 6 heteroatoms. The van der Waals surface area contributed by atoms with E-state index in [-0.39, 0.29) is 11.5 Å². The number of carbonyl (C=O) groups is 1. The number of benzene rings is 1. The van der Waals surface area contributed by atoms with E-state index in [0.29, 0.717) is 4.88 Å². The zero-order chi connectivity index (χ0) is 14.9. The summed E-state index contributed by atoms with van der Waals surface area (Å²) in [6.07, 6.45) is 0. The lowest BCUT2D eigenvalue weighted by Gasteiger charge is -2.15. The molecule has 1 amide bonds. The molecule has 0 bridgehead atoms. The van der Waals surface area contributed by atoms with Crippen LogP contribution in [0.1, 0.15) is 33.8 Å².